The van der Waals surface area contributed by atoms with Crippen LogP contribution < -0.4 is 10.1 Å². The Balaban J connectivity index is 1.84. The molecule has 2 heteroatoms. The van der Waals surface area contributed by atoms with E-state index in [0.29, 0.717) is 12.0 Å². The summed E-state index contributed by atoms with van der Waals surface area (Å²) in [5.74, 6) is 1.63. The average molecular weight is 215 g/mol. The summed E-state index contributed by atoms with van der Waals surface area (Å²) < 4.78 is 5.28. The SMILES string of the molecule is COc1cccc([C@H]2CC3=CC[C@@H](C2)N3)c1. The molecule has 0 unspecified atom stereocenters. The fourth-order valence-corrected chi connectivity index (χ4v) is 2.80. The second kappa shape index (κ2) is 3.85. The summed E-state index contributed by atoms with van der Waals surface area (Å²) in [6, 6.07) is 9.17. The van der Waals surface area contributed by atoms with Crippen LogP contribution in [0.25, 0.3) is 0 Å². The van der Waals surface area contributed by atoms with Crippen LogP contribution in [0.5, 0.6) is 5.75 Å². The summed E-state index contributed by atoms with van der Waals surface area (Å²) in [4.78, 5) is 0. The highest BCUT2D eigenvalue weighted by Gasteiger charge is 2.28. The van der Waals surface area contributed by atoms with E-state index in [1.54, 1.807) is 7.11 Å². The molecule has 0 spiro atoms. The Labute approximate surface area is 96.3 Å². The van der Waals surface area contributed by atoms with E-state index >= 15 is 0 Å². The first-order valence-electron chi connectivity index (χ1n) is 5.94. The minimum Gasteiger partial charge on any atom is -0.497 e. The van der Waals surface area contributed by atoms with E-state index < -0.39 is 0 Å². The fraction of sp³-hybridized carbons (Fsp3) is 0.429. The van der Waals surface area contributed by atoms with E-state index in [2.05, 4.69) is 29.6 Å². The van der Waals surface area contributed by atoms with Gasteiger partial charge in [0.25, 0.3) is 0 Å². The topological polar surface area (TPSA) is 21.3 Å². The molecule has 3 rings (SSSR count). The van der Waals surface area contributed by atoms with Gasteiger partial charge in [0.1, 0.15) is 5.75 Å². The van der Waals surface area contributed by atoms with Crippen LogP contribution in [0.4, 0.5) is 0 Å². The molecule has 84 valence electrons. The Morgan fingerprint density at radius 2 is 2.31 bits per heavy atom. The van der Waals surface area contributed by atoms with Crippen molar-refractivity contribution >= 4 is 0 Å². The van der Waals surface area contributed by atoms with Crippen LogP contribution in [0.15, 0.2) is 36.0 Å². The standard InChI is InChI=1S/C14H17NO/c1-16-14-4-2-3-10(9-14)11-7-12-5-6-13(8-11)15-12/h2-5,9,11,13,15H,6-8H2,1H3/t11-,13-/m0/s1. The normalized spacial score (nSPS) is 27.2. The molecule has 16 heavy (non-hydrogen) atoms. The van der Waals surface area contributed by atoms with Gasteiger partial charge >= 0.3 is 0 Å². The lowest BCUT2D eigenvalue weighted by atomic mass is 9.87. The lowest BCUT2D eigenvalue weighted by Gasteiger charge is -2.28. The van der Waals surface area contributed by atoms with Gasteiger partial charge in [-0.2, -0.15) is 0 Å². The first kappa shape index (κ1) is 9.76. The fourth-order valence-electron chi connectivity index (χ4n) is 2.80. The quantitative estimate of drug-likeness (QED) is 0.819. The molecular weight excluding hydrogens is 198 g/mol. The minimum atomic E-state index is 0.662. The molecule has 2 heterocycles. The van der Waals surface area contributed by atoms with Gasteiger partial charge in [0.05, 0.1) is 7.11 Å². The summed E-state index contributed by atoms with van der Waals surface area (Å²) >= 11 is 0. The third kappa shape index (κ3) is 1.69. The van der Waals surface area contributed by atoms with Crippen LogP contribution in [0.2, 0.25) is 0 Å². The number of piperidine rings is 1. The zero-order valence-corrected chi connectivity index (χ0v) is 9.57. The average Bonchev–Trinajstić information content (AvgIpc) is 2.68. The largest absolute Gasteiger partial charge is 0.497 e. The van der Waals surface area contributed by atoms with Gasteiger partial charge in [-0.1, -0.05) is 18.2 Å². The highest BCUT2D eigenvalue weighted by Crippen LogP contribution is 2.37. The summed E-state index contributed by atoms with van der Waals surface area (Å²) in [6.07, 6.45) is 5.96. The molecule has 2 atom stereocenters. The first-order valence-corrected chi connectivity index (χ1v) is 5.94. The number of benzene rings is 1. The molecule has 2 aliphatic rings. The lowest BCUT2D eigenvalue weighted by molar-refractivity contribution is 0.409. The Morgan fingerprint density at radius 1 is 1.38 bits per heavy atom. The molecule has 0 aliphatic carbocycles. The molecule has 1 fully saturated rings. The van der Waals surface area contributed by atoms with E-state index in [1.807, 2.05) is 6.07 Å². The molecule has 1 saturated heterocycles. The molecule has 0 aromatic heterocycles. The van der Waals surface area contributed by atoms with E-state index in [1.165, 1.54) is 24.1 Å². The highest BCUT2D eigenvalue weighted by atomic mass is 16.5. The minimum absolute atomic E-state index is 0.662. The van der Waals surface area contributed by atoms with Crippen molar-refractivity contribution in [3.63, 3.8) is 0 Å². The molecule has 0 saturated carbocycles. The summed E-state index contributed by atoms with van der Waals surface area (Å²) in [5.41, 5.74) is 2.85. The zero-order chi connectivity index (χ0) is 11.0. The maximum atomic E-state index is 5.28. The number of hydrogen-bond acceptors (Lipinski definition) is 2. The highest BCUT2D eigenvalue weighted by molar-refractivity contribution is 5.33. The Morgan fingerprint density at radius 3 is 3.12 bits per heavy atom. The van der Waals surface area contributed by atoms with E-state index in [4.69, 9.17) is 4.74 Å². The van der Waals surface area contributed by atoms with Gasteiger partial charge in [-0.05, 0) is 42.9 Å². The molecular formula is C14H17NO. The number of allylic oxidation sites excluding steroid dienone is 1. The van der Waals surface area contributed by atoms with Gasteiger partial charge in [-0.15, -0.1) is 0 Å². The second-order valence-electron chi connectivity index (χ2n) is 4.72. The Kier molecular flexibility index (Phi) is 2.35. The summed E-state index contributed by atoms with van der Waals surface area (Å²) in [5, 5.41) is 3.55. The van der Waals surface area contributed by atoms with Crippen molar-refractivity contribution in [1.29, 1.82) is 0 Å². The van der Waals surface area contributed by atoms with Crippen molar-refractivity contribution in [3.8, 4) is 5.75 Å². The van der Waals surface area contributed by atoms with Crippen LogP contribution in [0.3, 0.4) is 0 Å². The zero-order valence-electron chi connectivity index (χ0n) is 9.57. The van der Waals surface area contributed by atoms with Gasteiger partial charge in [-0.3, -0.25) is 0 Å². The van der Waals surface area contributed by atoms with E-state index in [0.717, 1.165) is 12.2 Å². The Hall–Kier alpha value is -1.44. The van der Waals surface area contributed by atoms with Gasteiger partial charge in [0, 0.05) is 11.7 Å². The molecule has 0 radical (unpaired) electrons. The van der Waals surface area contributed by atoms with E-state index in [-0.39, 0.29) is 0 Å². The number of rotatable bonds is 2. The second-order valence-corrected chi connectivity index (χ2v) is 4.72. The van der Waals surface area contributed by atoms with Crippen molar-refractivity contribution in [3.05, 3.63) is 41.6 Å². The predicted octanol–water partition coefficient (Wildman–Crippen LogP) is 2.82. The molecule has 1 aromatic rings. The molecule has 2 aliphatic heterocycles. The molecule has 0 amide bonds. The summed E-state index contributed by atoms with van der Waals surface area (Å²) in [6.45, 7) is 0. The van der Waals surface area contributed by atoms with E-state index in [9.17, 15) is 0 Å². The number of nitrogens with one attached hydrogen (secondary N) is 1. The van der Waals surface area contributed by atoms with Crippen LogP contribution in [-0.4, -0.2) is 13.2 Å². The number of fused-ring (bicyclic) bond motifs is 2. The maximum absolute atomic E-state index is 5.28. The van der Waals surface area contributed by atoms with Gasteiger partial charge in [0.2, 0.25) is 0 Å². The third-order valence-electron chi connectivity index (χ3n) is 3.64. The van der Waals surface area contributed by atoms with Crippen molar-refractivity contribution in [2.45, 2.75) is 31.2 Å². The Bertz CT molecular complexity index is 424. The van der Waals surface area contributed by atoms with Crippen molar-refractivity contribution in [2.24, 2.45) is 0 Å². The van der Waals surface area contributed by atoms with Crippen LogP contribution in [-0.2, 0) is 0 Å². The van der Waals surface area contributed by atoms with Gasteiger partial charge in [0.15, 0.2) is 0 Å². The third-order valence-corrected chi connectivity index (χ3v) is 3.64. The van der Waals surface area contributed by atoms with Crippen molar-refractivity contribution in [1.82, 2.24) is 5.32 Å². The van der Waals surface area contributed by atoms with Crippen LogP contribution >= 0.6 is 0 Å². The van der Waals surface area contributed by atoms with Gasteiger partial charge in [-0.25, -0.2) is 0 Å². The molecule has 2 nitrogen and oxygen atoms in total. The number of ether oxygens (including phenoxy) is 1. The number of hydrogen-bond donors (Lipinski definition) is 1. The first-order chi connectivity index (χ1) is 7.85. The monoisotopic (exact) mass is 215 g/mol. The molecule has 1 aromatic carbocycles. The lowest BCUT2D eigenvalue weighted by Crippen LogP contribution is -2.30. The summed E-state index contributed by atoms with van der Waals surface area (Å²) in [7, 11) is 1.73. The maximum Gasteiger partial charge on any atom is 0.119 e. The molecule has 2 bridgehead atoms. The van der Waals surface area contributed by atoms with Crippen molar-refractivity contribution < 1.29 is 4.74 Å². The van der Waals surface area contributed by atoms with Crippen LogP contribution in [0, 0.1) is 0 Å². The molecule has 1 N–H and O–H groups in total. The predicted molar refractivity (Wildman–Crippen MR) is 64.6 cm³/mol. The van der Waals surface area contributed by atoms with Gasteiger partial charge < -0.3 is 10.1 Å². The number of methoxy groups -OCH3 is 1. The smallest absolute Gasteiger partial charge is 0.119 e. The van der Waals surface area contributed by atoms with Crippen LogP contribution in [0.1, 0.15) is 30.7 Å². The van der Waals surface area contributed by atoms with Crippen molar-refractivity contribution in [2.75, 3.05) is 7.11 Å².